The Kier molecular flexibility index (Phi) is 6.77. The van der Waals surface area contributed by atoms with E-state index in [0.717, 1.165) is 38.2 Å². The molecule has 0 aliphatic carbocycles. The lowest BCUT2D eigenvalue weighted by atomic mass is 10.00. The second kappa shape index (κ2) is 9.26. The average Bonchev–Trinajstić information content (AvgIpc) is 3.18. The Morgan fingerprint density at radius 1 is 1.42 bits per heavy atom. The molecule has 1 aliphatic heterocycles. The molecule has 0 spiro atoms. The van der Waals surface area contributed by atoms with Gasteiger partial charge < -0.3 is 16.0 Å². The number of amides is 1. The molecule has 1 fully saturated rings. The highest BCUT2D eigenvalue weighted by Crippen LogP contribution is 2.18. The van der Waals surface area contributed by atoms with Crippen LogP contribution in [0.5, 0.6) is 0 Å². The van der Waals surface area contributed by atoms with Crippen LogP contribution >= 0.6 is 11.3 Å². The number of aromatic nitrogens is 1. The van der Waals surface area contributed by atoms with Gasteiger partial charge in [0.15, 0.2) is 0 Å². The Bertz CT molecular complexity index is 696. The molecule has 0 aromatic carbocycles. The summed E-state index contributed by atoms with van der Waals surface area (Å²) >= 11 is 1.75. The van der Waals surface area contributed by atoms with Gasteiger partial charge in [-0.1, -0.05) is 0 Å². The SMILES string of the molecule is C[C@H](CCc1ncccc1C(N)=O)N1CCC(NCc2ccsc2)CC1. The van der Waals surface area contributed by atoms with Gasteiger partial charge in [-0.2, -0.15) is 11.3 Å². The zero-order chi connectivity index (χ0) is 18.4. The number of carbonyl (C=O) groups is 1. The van der Waals surface area contributed by atoms with Crippen molar-refractivity contribution in [1.82, 2.24) is 15.2 Å². The van der Waals surface area contributed by atoms with Crippen LogP contribution in [0.2, 0.25) is 0 Å². The molecule has 0 saturated carbocycles. The van der Waals surface area contributed by atoms with Gasteiger partial charge in [-0.25, -0.2) is 0 Å². The average molecular weight is 373 g/mol. The molecule has 140 valence electrons. The summed E-state index contributed by atoms with van der Waals surface area (Å²) in [4.78, 5) is 18.4. The minimum Gasteiger partial charge on any atom is -0.366 e. The van der Waals surface area contributed by atoms with Crippen molar-refractivity contribution in [3.8, 4) is 0 Å². The van der Waals surface area contributed by atoms with E-state index >= 15 is 0 Å². The Labute approximate surface area is 159 Å². The number of thiophene rings is 1. The number of nitrogens with one attached hydrogen (secondary N) is 1. The van der Waals surface area contributed by atoms with Crippen LogP contribution < -0.4 is 11.1 Å². The number of carbonyl (C=O) groups excluding carboxylic acids is 1. The van der Waals surface area contributed by atoms with Crippen LogP contribution in [-0.4, -0.2) is 41.0 Å². The molecule has 5 nitrogen and oxygen atoms in total. The van der Waals surface area contributed by atoms with E-state index in [1.165, 1.54) is 18.4 Å². The third-order valence-corrected chi connectivity index (χ3v) is 6.01. The van der Waals surface area contributed by atoms with Crippen LogP contribution in [0.25, 0.3) is 0 Å². The van der Waals surface area contributed by atoms with Crippen molar-refractivity contribution in [2.75, 3.05) is 13.1 Å². The second-order valence-corrected chi connectivity index (χ2v) is 7.85. The first-order valence-corrected chi connectivity index (χ1v) is 10.3. The van der Waals surface area contributed by atoms with Gasteiger partial charge in [0, 0.05) is 24.8 Å². The van der Waals surface area contributed by atoms with E-state index in [9.17, 15) is 4.79 Å². The van der Waals surface area contributed by atoms with E-state index in [-0.39, 0.29) is 0 Å². The first kappa shape index (κ1) is 19.0. The molecule has 2 aromatic rings. The van der Waals surface area contributed by atoms with Crippen LogP contribution in [0.15, 0.2) is 35.2 Å². The monoisotopic (exact) mass is 372 g/mol. The molecule has 1 saturated heterocycles. The van der Waals surface area contributed by atoms with Crippen molar-refractivity contribution in [2.24, 2.45) is 5.73 Å². The Morgan fingerprint density at radius 3 is 2.92 bits per heavy atom. The van der Waals surface area contributed by atoms with Crippen molar-refractivity contribution >= 4 is 17.2 Å². The van der Waals surface area contributed by atoms with Crippen LogP contribution in [0.4, 0.5) is 0 Å². The van der Waals surface area contributed by atoms with Gasteiger partial charge in [-0.15, -0.1) is 0 Å². The molecule has 3 N–H and O–H groups in total. The molecule has 0 radical (unpaired) electrons. The van der Waals surface area contributed by atoms with E-state index in [1.54, 1.807) is 29.7 Å². The number of pyridine rings is 1. The van der Waals surface area contributed by atoms with E-state index in [0.29, 0.717) is 17.6 Å². The fraction of sp³-hybridized carbons (Fsp3) is 0.500. The third-order valence-electron chi connectivity index (χ3n) is 5.28. The lowest BCUT2D eigenvalue weighted by molar-refractivity contribution is 0.0998. The molecule has 3 rings (SSSR count). The van der Waals surface area contributed by atoms with Crippen molar-refractivity contribution < 1.29 is 4.79 Å². The van der Waals surface area contributed by atoms with Gasteiger partial charge in [0.25, 0.3) is 5.91 Å². The van der Waals surface area contributed by atoms with E-state index in [4.69, 9.17) is 5.73 Å². The quantitative estimate of drug-likeness (QED) is 0.747. The molecule has 1 atom stereocenters. The number of hydrogen-bond donors (Lipinski definition) is 2. The summed E-state index contributed by atoms with van der Waals surface area (Å²) in [5.41, 5.74) is 8.20. The number of primary amides is 1. The molecular weight excluding hydrogens is 344 g/mol. The van der Waals surface area contributed by atoms with E-state index in [1.807, 2.05) is 0 Å². The van der Waals surface area contributed by atoms with Crippen LogP contribution in [0.1, 0.15) is 47.8 Å². The van der Waals surface area contributed by atoms with Gasteiger partial charge in [0.1, 0.15) is 0 Å². The standard InChI is InChI=1S/C20H28N4OS/c1-15(4-5-19-18(20(21)25)3-2-9-22-19)24-10-6-17(7-11-24)23-13-16-8-12-26-14-16/h2-3,8-9,12,14-15,17,23H,4-7,10-11,13H2,1H3,(H2,21,25)/t15-/m1/s1. The summed E-state index contributed by atoms with van der Waals surface area (Å²) in [5.74, 6) is -0.390. The van der Waals surface area contributed by atoms with Crippen molar-refractivity contribution in [3.05, 3.63) is 52.0 Å². The highest BCUT2D eigenvalue weighted by Gasteiger charge is 2.22. The smallest absolute Gasteiger partial charge is 0.250 e. The molecule has 26 heavy (non-hydrogen) atoms. The zero-order valence-electron chi connectivity index (χ0n) is 15.4. The fourth-order valence-electron chi connectivity index (χ4n) is 3.59. The highest BCUT2D eigenvalue weighted by molar-refractivity contribution is 7.07. The van der Waals surface area contributed by atoms with Gasteiger partial charge in [-0.3, -0.25) is 9.78 Å². The van der Waals surface area contributed by atoms with Gasteiger partial charge in [-0.05, 0) is 80.2 Å². The van der Waals surface area contributed by atoms with Gasteiger partial charge >= 0.3 is 0 Å². The lowest BCUT2D eigenvalue weighted by Gasteiger charge is -2.36. The third kappa shape index (κ3) is 5.13. The van der Waals surface area contributed by atoms with Gasteiger partial charge in [0.2, 0.25) is 0 Å². The minimum absolute atomic E-state index is 0.390. The number of nitrogens with two attached hydrogens (primary N) is 1. The van der Waals surface area contributed by atoms with Gasteiger partial charge in [0.05, 0.1) is 11.3 Å². The molecule has 3 heterocycles. The Morgan fingerprint density at radius 2 is 2.23 bits per heavy atom. The van der Waals surface area contributed by atoms with Crippen LogP contribution in [0.3, 0.4) is 0 Å². The van der Waals surface area contributed by atoms with Crippen molar-refractivity contribution in [2.45, 2.75) is 51.2 Å². The normalized spacial score (nSPS) is 17.3. The predicted molar refractivity (Wildman–Crippen MR) is 106 cm³/mol. The topological polar surface area (TPSA) is 71.2 Å². The second-order valence-electron chi connectivity index (χ2n) is 7.07. The maximum Gasteiger partial charge on any atom is 0.250 e. The summed E-state index contributed by atoms with van der Waals surface area (Å²) in [5, 5.41) is 8.02. The fourth-order valence-corrected chi connectivity index (χ4v) is 4.26. The van der Waals surface area contributed by atoms with Crippen LogP contribution in [-0.2, 0) is 13.0 Å². The number of nitrogens with zero attached hydrogens (tertiary/aromatic N) is 2. The molecule has 1 aliphatic rings. The Balaban J connectivity index is 1.42. The first-order chi connectivity index (χ1) is 12.6. The lowest BCUT2D eigenvalue weighted by Crippen LogP contribution is -2.45. The molecule has 1 amide bonds. The molecule has 2 aromatic heterocycles. The first-order valence-electron chi connectivity index (χ1n) is 9.35. The maximum absolute atomic E-state index is 11.5. The van der Waals surface area contributed by atoms with Crippen LogP contribution in [0, 0.1) is 0 Å². The number of hydrogen-bond acceptors (Lipinski definition) is 5. The Hall–Kier alpha value is -1.76. The number of aryl methyl sites for hydroxylation is 1. The zero-order valence-corrected chi connectivity index (χ0v) is 16.2. The summed E-state index contributed by atoms with van der Waals surface area (Å²) in [6, 6.07) is 6.81. The summed E-state index contributed by atoms with van der Waals surface area (Å²) < 4.78 is 0. The summed E-state index contributed by atoms with van der Waals surface area (Å²) in [7, 11) is 0. The number of rotatable bonds is 8. The van der Waals surface area contributed by atoms with E-state index < -0.39 is 5.91 Å². The van der Waals surface area contributed by atoms with E-state index in [2.05, 4.69) is 39.0 Å². The molecule has 0 bridgehead atoms. The molecule has 0 unspecified atom stereocenters. The number of piperidine rings is 1. The molecule has 6 heteroatoms. The largest absolute Gasteiger partial charge is 0.366 e. The minimum atomic E-state index is -0.390. The van der Waals surface area contributed by atoms with Crippen molar-refractivity contribution in [1.29, 1.82) is 0 Å². The maximum atomic E-state index is 11.5. The number of likely N-dealkylation sites (tertiary alicyclic amines) is 1. The summed E-state index contributed by atoms with van der Waals surface area (Å²) in [6.45, 7) is 5.48. The highest BCUT2D eigenvalue weighted by atomic mass is 32.1. The molecular formula is C20H28N4OS. The van der Waals surface area contributed by atoms with Crippen molar-refractivity contribution in [3.63, 3.8) is 0 Å². The predicted octanol–water partition coefficient (Wildman–Crippen LogP) is 2.82. The summed E-state index contributed by atoms with van der Waals surface area (Å²) in [6.07, 6.45) is 5.88.